The van der Waals surface area contributed by atoms with E-state index in [2.05, 4.69) is 6.92 Å². The van der Waals surface area contributed by atoms with Crippen LogP contribution < -0.4 is 0 Å². The van der Waals surface area contributed by atoms with Crippen LogP contribution in [-0.4, -0.2) is 11.1 Å². The molecular weight excluding hydrogens is 348 g/mol. The van der Waals surface area contributed by atoms with Crippen LogP contribution in [0, 0.1) is 17.1 Å². The van der Waals surface area contributed by atoms with Crippen LogP contribution in [0.2, 0.25) is 0 Å². The number of nitrogens with zero attached hydrogens (tertiary/aromatic N) is 1. The molecule has 5 heteroatoms. The van der Waals surface area contributed by atoms with Gasteiger partial charge in [0.1, 0.15) is 17.7 Å². The molecule has 2 aromatic rings. The summed E-state index contributed by atoms with van der Waals surface area (Å²) in [7, 11) is 0. The average molecular weight is 369 g/mol. The largest absolute Gasteiger partial charge is 0.478 e. The number of carboxylic acid groups (broad SMARTS) is 1. The SMILES string of the molecule is CCCCCCC(F)=Cc1ccc(-c2c(C(=O)O)ccc(C#N)c2F)cc1. The maximum atomic E-state index is 14.5. The van der Waals surface area contributed by atoms with Crippen LogP contribution in [0.25, 0.3) is 17.2 Å². The second kappa shape index (κ2) is 9.63. The highest BCUT2D eigenvalue weighted by atomic mass is 19.1. The van der Waals surface area contributed by atoms with Crippen LogP contribution in [0.1, 0.15) is 60.5 Å². The number of hydrogen-bond acceptors (Lipinski definition) is 2. The Morgan fingerprint density at radius 3 is 2.44 bits per heavy atom. The molecule has 0 aliphatic rings. The van der Waals surface area contributed by atoms with Crippen molar-refractivity contribution in [3.05, 3.63) is 64.7 Å². The summed E-state index contributed by atoms with van der Waals surface area (Å²) in [5.74, 6) is -2.37. The third-order valence-corrected chi connectivity index (χ3v) is 4.28. The Kier molecular flexibility index (Phi) is 7.25. The molecule has 0 unspecified atom stereocenters. The first-order valence-electron chi connectivity index (χ1n) is 8.90. The molecule has 140 valence electrons. The van der Waals surface area contributed by atoms with E-state index in [1.165, 1.54) is 24.3 Å². The van der Waals surface area contributed by atoms with E-state index in [4.69, 9.17) is 5.26 Å². The summed E-state index contributed by atoms with van der Waals surface area (Å²) >= 11 is 0. The maximum absolute atomic E-state index is 14.5. The molecule has 27 heavy (non-hydrogen) atoms. The lowest BCUT2D eigenvalue weighted by atomic mass is 9.95. The lowest BCUT2D eigenvalue weighted by Crippen LogP contribution is -2.03. The standard InChI is InChI=1S/C22H21F2NO2/c1-2-3-4-5-6-18(23)13-15-7-9-16(10-8-15)20-19(22(26)27)12-11-17(14-25)21(20)24/h7-13H,2-6H2,1H3,(H,26,27). The lowest BCUT2D eigenvalue weighted by Gasteiger charge is -2.09. The number of halogens is 2. The smallest absolute Gasteiger partial charge is 0.336 e. The number of carboxylic acids is 1. The minimum atomic E-state index is -1.28. The molecule has 2 aromatic carbocycles. The van der Waals surface area contributed by atoms with Gasteiger partial charge in [0.25, 0.3) is 0 Å². The molecular formula is C22H21F2NO2. The minimum absolute atomic E-state index is 0.142. The van der Waals surface area contributed by atoms with Crippen LogP contribution in [-0.2, 0) is 0 Å². The number of allylic oxidation sites excluding steroid dienone is 1. The quantitative estimate of drug-likeness (QED) is 0.552. The van der Waals surface area contributed by atoms with Crippen LogP contribution in [0.3, 0.4) is 0 Å². The van der Waals surface area contributed by atoms with E-state index in [0.717, 1.165) is 31.7 Å². The van der Waals surface area contributed by atoms with Crippen molar-refractivity contribution in [2.24, 2.45) is 0 Å². The van der Waals surface area contributed by atoms with Gasteiger partial charge in [-0.2, -0.15) is 5.26 Å². The number of rotatable bonds is 8. The molecule has 0 atom stereocenters. The number of aromatic carboxylic acids is 1. The van der Waals surface area contributed by atoms with E-state index in [-0.39, 0.29) is 22.5 Å². The van der Waals surface area contributed by atoms with Gasteiger partial charge in [-0.1, -0.05) is 50.5 Å². The second-order valence-electron chi connectivity index (χ2n) is 6.29. The summed E-state index contributed by atoms with van der Waals surface area (Å²) in [6.45, 7) is 2.10. The highest BCUT2D eigenvalue weighted by Crippen LogP contribution is 2.30. The van der Waals surface area contributed by atoms with Crippen molar-refractivity contribution in [1.82, 2.24) is 0 Å². The summed E-state index contributed by atoms with van der Waals surface area (Å²) in [6.07, 6.45) is 5.76. The van der Waals surface area contributed by atoms with Gasteiger partial charge in [0.15, 0.2) is 0 Å². The first-order chi connectivity index (χ1) is 13.0. The molecule has 0 amide bonds. The van der Waals surface area contributed by atoms with Gasteiger partial charge in [-0.3, -0.25) is 0 Å². The Bertz CT molecular complexity index is 880. The summed E-state index contributed by atoms with van der Waals surface area (Å²) in [4.78, 5) is 11.4. The Hall–Kier alpha value is -3.00. The first kappa shape index (κ1) is 20.3. The summed E-state index contributed by atoms with van der Waals surface area (Å²) in [5.41, 5.74) is 0.342. The van der Waals surface area contributed by atoms with E-state index < -0.39 is 11.8 Å². The van der Waals surface area contributed by atoms with E-state index >= 15 is 0 Å². The van der Waals surface area contributed by atoms with Crippen molar-refractivity contribution in [1.29, 1.82) is 5.26 Å². The molecule has 0 spiro atoms. The van der Waals surface area contributed by atoms with E-state index in [1.54, 1.807) is 18.2 Å². The second-order valence-corrected chi connectivity index (χ2v) is 6.29. The number of hydrogen-bond donors (Lipinski definition) is 1. The highest BCUT2D eigenvalue weighted by Gasteiger charge is 2.19. The molecule has 0 heterocycles. The molecule has 0 saturated heterocycles. The van der Waals surface area contributed by atoms with Crippen molar-refractivity contribution >= 4 is 12.0 Å². The van der Waals surface area contributed by atoms with Gasteiger partial charge < -0.3 is 5.11 Å². The van der Waals surface area contributed by atoms with Gasteiger partial charge in [0.05, 0.1) is 11.1 Å². The number of benzene rings is 2. The Morgan fingerprint density at radius 1 is 1.15 bits per heavy atom. The van der Waals surface area contributed by atoms with Crippen molar-refractivity contribution < 1.29 is 18.7 Å². The third kappa shape index (κ3) is 5.24. The normalized spacial score (nSPS) is 11.3. The van der Waals surface area contributed by atoms with Gasteiger partial charge in [-0.05, 0) is 42.2 Å². The monoisotopic (exact) mass is 369 g/mol. The lowest BCUT2D eigenvalue weighted by molar-refractivity contribution is 0.0697. The molecule has 1 N–H and O–H groups in total. The van der Waals surface area contributed by atoms with Gasteiger partial charge >= 0.3 is 5.97 Å². The van der Waals surface area contributed by atoms with Crippen molar-refractivity contribution in [2.75, 3.05) is 0 Å². The summed E-state index contributed by atoms with van der Waals surface area (Å²) in [6, 6.07) is 10.3. The minimum Gasteiger partial charge on any atom is -0.478 e. The van der Waals surface area contributed by atoms with Gasteiger partial charge in [0, 0.05) is 5.56 Å². The molecule has 0 bridgehead atoms. The number of unbranched alkanes of at least 4 members (excludes halogenated alkanes) is 3. The zero-order valence-electron chi connectivity index (χ0n) is 15.1. The average Bonchev–Trinajstić information content (AvgIpc) is 2.65. The highest BCUT2D eigenvalue weighted by molar-refractivity contribution is 5.96. The molecule has 2 rings (SSSR count). The molecule has 0 aliphatic carbocycles. The molecule has 0 aromatic heterocycles. The van der Waals surface area contributed by atoms with Crippen LogP contribution in [0.5, 0.6) is 0 Å². The fourth-order valence-electron chi connectivity index (χ4n) is 2.84. The molecule has 0 saturated carbocycles. The zero-order chi connectivity index (χ0) is 19.8. The predicted molar refractivity (Wildman–Crippen MR) is 101 cm³/mol. The van der Waals surface area contributed by atoms with Gasteiger partial charge in [-0.15, -0.1) is 0 Å². The Morgan fingerprint density at radius 2 is 1.85 bits per heavy atom. The topological polar surface area (TPSA) is 61.1 Å². The summed E-state index contributed by atoms with van der Waals surface area (Å²) < 4.78 is 28.5. The van der Waals surface area contributed by atoms with Crippen molar-refractivity contribution in [3.63, 3.8) is 0 Å². The number of nitriles is 1. The summed E-state index contributed by atoms with van der Waals surface area (Å²) in [5, 5.41) is 18.3. The molecule has 0 aliphatic heterocycles. The van der Waals surface area contributed by atoms with Gasteiger partial charge in [0.2, 0.25) is 0 Å². The fraction of sp³-hybridized carbons (Fsp3) is 0.273. The van der Waals surface area contributed by atoms with Crippen LogP contribution in [0.15, 0.2) is 42.2 Å². The van der Waals surface area contributed by atoms with E-state index in [9.17, 15) is 18.7 Å². The fourth-order valence-corrected chi connectivity index (χ4v) is 2.84. The van der Waals surface area contributed by atoms with Crippen molar-refractivity contribution in [2.45, 2.75) is 39.0 Å². The third-order valence-electron chi connectivity index (χ3n) is 4.28. The van der Waals surface area contributed by atoms with Crippen molar-refractivity contribution in [3.8, 4) is 17.2 Å². The van der Waals surface area contributed by atoms with E-state index in [0.29, 0.717) is 17.5 Å². The molecule has 3 nitrogen and oxygen atoms in total. The Balaban J connectivity index is 2.28. The number of carbonyl (C=O) groups is 1. The van der Waals surface area contributed by atoms with Gasteiger partial charge in [-0.25, -0.2) is 13.6 Å². The first-order valence-corrected chi connectivity index (χ1v) is 8.90. The molecule has 0 radical (unpaired) electrons. The predicted octanol–water partition coefficient (Wildman–Crippen LogP) is 6.34. The molecule has 0 fully saturated rings. The maximum Gasteiger partial charge on any atom is 0.336 e. The van der Waals surface area contributed by atoms with Crippen LogP contribution >= 0.6 is 0 Å². The van der Waals surface area contributed by atoms with Crippen LogP contribution in [0.4, 0.5) is 8.78 Å². The van der Waals surface area contributed by atoms with E-state index in [1.807, 2.05) is 0 Å². The zero-order valence-corrected chi connectivity index (χ0v) is 15.1. The Labute approximate surface area is 157 Å².